The molecule has 1 saturated heterocycles. The van der Waals surface area contributed by atoms with Gasteiger partial charge in [-0.05, 0) is 28.1 Å². The second kappa shape index (κ2) is 6.83. The van der Waals surface area contributed by atoms with Gasteiger partial charge in [-0.2, -0.15) is 11.8 Å². The van der Waals surface area contributed by atoms with Gasteiger partial charge in [0.05, 0.1) is 6.04 Å². The Morgan fingerprint density at radius 2 is 2.35 bits per heavy atom. The van der Waals surface area contributed by atoms with E-state index in [1.165, 1.54) is 0 Å². The first-order valence-corrected chi connectivity index (χ1v) is 10.2. The summed E-state index contributed by atoms with van der Waals surface area (Å²) in [6, 6.07) is 3.45. The lowest BCUT2D eigenvalue weighted by Gasteiger charge is -2.38. The normalized spacial score (nSPS) is 22.9. The summed E-state index contributed by atoms with van der Waals surface area (Å²) in [7, 11) is -3.13. The second-order valence-corrected chi connectivity index (χ2v) is 8.99. The van der Waals surface area contributed by atoms with Crippen molar-refractivity contribution in [3.8, 4) is 0 Å². The van der Waals surface area contributed by atoms with Crippen LogP contribution in [0.4, 0.5) is 0 Å². The molecule has 0 amide bonds. The summed E-state index contributed by atoms with van der Waals surface area (Å²) >= 11 is 4.95. The molecule has 20 heavy (non-hydrogen) atoms. The number of nitrogens with two attached hydrogens (primary N) is 1. The van der Waals surface area contributed by atoms with Crippen LogP contribution >= 0.6 is 27.7 Å². The van der Waals surface area contributed by atoms with Gasteiger partial charge in [0.15, 0.2) is 14.5 Å². The molecular formula is C12H19BrN2O3S2. The Hall–Kier alpha value is -0.0200. The Morgan fingerprint density at radius 3 is 2.90 bits per heavy atom. The zero-order valence-electron chi connectivity index (χ0n) is 11.3. The fraction of sp³-hybridized carbons (Fsp3) is 0.667. The number of rotatable bonds is 5. The lowest BCUT2D eigenvalue weighted by Crippen LogP contribution is -2.50. The maximum atomic E-state index is 12.3. The van der Waals surface area contributed by atoms with Crippen molar-refractivity contribution in [2.75, 3.05) is 30.3 Å². The third-order valence-electron chi connectivity index (χ3n) is 3.49. The van der Waals surface area contributed by atoms with Crippen molar-refractivity contribution in [2.45, 2.75) is 18.3 Å². The number of halogens is 1. The van der Waals surface area contributed by atoms with Crippen molar-refractivity contribution in [1.29, 1.82) is 0 Å². The van der Waals surface area contributed by atoms with Gasteiger partial charge in [-0.1, -0.05) is 6.92 Å². The average molecular weight is 383 g/mol. The molecule has 1 aliphatic rings. The molecule has 2 heterocycles. The minimum atomic E-state index is -3.13. The van der Waals surface area contributed by atoms with Crippen LogP contribution in [0.1, 0.15) is 18.7 Å². The molecule has 1 fully saturated rings. The third-order valence-corrected chi connectivity index (χ3v) is 7.22. The average Bonchev–Trinajstić information content (AvgIpc) is 2.86. The Balaban J connectivity index is 2.30. The highest BCUT2D eigenvalue weighted by molar-refractivity contribution is 9.10. The van der Waals surface area contributed by atoms with Crippen molar-refractivity contribution < 1.29 is 12.8 Å². The van der Waals surface area contributed by atoms with E-state index in [-0.39, 0.29) is 11.8 Å². The van der Waals surface area contributed by atoms with Crippen LogP contribution in [0.3, 0.4) is 0 Å². The third kappa shape index (κ3) is 3.41. The van der Waals surface area contributed by atoms with Crippen molar-refractivity contribution in [3.05, 3.63) is 22.6 Å². The predicted molar refractivity (Wildman–Crippen MR) is 85.5 cm³/mol. The fourth-order valence-corrected chi connectivity index (χ4v) is 5.76. The molecule has 2 atom stereocenters. The van der Waals surface area contributed by atoms with Crippen molar-refractivity contribution in [2.24, 2.45) is 5.73 Å². The standard InChI is InChI=1S/C12H19BrN2O3S2/c1-2-20(16,17)12-8-19-6-5-15(12)9(7-14)10-3-4-11(13)18-10/h3-4,9,12H,2,5-8,14H2,1H3. The van der Waals surface area contributed by atoms with E-state index in [0.29, 0.717) is 29.3 Å². The maximum absolute atomic E-state index is 12.3. The van der Waals surface area contributed by atoms with Gasteiger partial charge in [0.25, 0.3) is 0 Å². The van der Waals surface area contributed by atoms with Crippen LogP contribution < -0.4 is 5.73 Å². The Bertz CT molecular complexity index is 547. The number of hydrogen-bond donors (Lipinski definition) is 1. The van der Waals surface area contributed by atoms with E-state index in [1.54, 1.807) is 24.8 Å². The lowest BCUT2D eigenvalue weighted by atomic mass is 10.2. The number of furan rings is 1. The fourth-order valence-electron chi connectivity index (χ4n) is 2.38. The van der Waals surface area contributed by atoms with E-state index in [1.807, 2.05) is 11.0 Å². The highest BCUT2D eigenvalue weighted by Gasteiger charge is 2.37. The number of nitrogens with zero attached hydrogens (tertiary/aromatic N) is 1. The van der Waals surface area contributed by atoms with Crippen LogP contribution in [-0.2, 0) is 9.84 Å². The summed E-state index contributed by atoms with van der Waals surface area (Å²) < 4.78 is 30.8. The molecule has 5 nitrogen and oxygen atoms in total. The lowest BCUT2D eigenvalue weighted by molar-refractivity contribution is 0.174. The molecule has 0 saturated carbocycles. The Kier molecular flexibility index (Phi) is 5.58. The molecule has 1 aromatic rings. The van der Waals surface area contributed by atoms with Gasteiger partial charge in [0, 0.05) is 30.3 Å². The number of sulfone groups is 1. The molecule has 0 aromatic carbocycles. The summed E-state index contributed by atoms with van der Waals surface area (Å²) in [5.74, 6) is 2.36. The van der Waals surface area contributed by atoms with Crippen molar-refractivity contribution >= 4 is 37.5 Å². The summed E-state index contributed by atoms with van der Waals surface area (Å²) in [5.41, 5.74) is 5.87. The van der Waals surface area contributed by atoms with Gasteiger partial charge in [-0.3, -0.25) is 4.90 Å². The van der Waals surface area contributed by atoms with Crippen LogP contribution in [0.2, 0.25) is 0 Å². The summed E-state index contributed by atoms with van der Waals surface area (Å²) in [4.78, 5) is 1.97. The first kappa shape index (κ1) is 16.4. The molecule has 0 spiro atoms. The molecule has 2 unspecified atom stereocenters. The number of hydrogen-bond acceptors (Lipinski definition) is 6. The zero-order valence-corrected chi connectivity index (χ0v) is 14.5. The van der Waals surface area contributed by atoms with Crippen LogP contribution in [-0.4, -0.2) is 49.0 Å². The predicted octanol–water partition coefficient (Wildman–Crippen LogP) is 1.85. The van der Waals surface area contributed by atoms with Crippen LogP contribution in [0.25, 0.3) is 0 Å². The van der Waals surface area contributed by atoms with Crippen molar-refractivity contribution in [1.82, 2.24) is 4.90 Å². The van der Waals surface area contributed by atoms with E-state index in [0.717, 1.165) is 5.75 Å². The maximum Gasteiger partial charge on any atom is 0.169 e. The SMILES string of the molecule is CCS(=O)(=O)C1CSCCN1C(CN)c1ccc(Br)o1. The molecule has 0 radical (unpaired) electrons. The molecule has 2 N–H and O–H groups in total. The largest absolute Gasteiger partial charge is 0.453 e. The van der Waals surface area contributed by atoms with Gasteiger partial charge >= 0.3 is 0 Å². The van der Waals surface area contributed by atoms with Gasteiger partial charge in [0.1, 0.15) is 11.1 Å². The van der Waals surface area contributed by atoms with E-state index >= 15 is 0 Å². The van der Waals surface area contributed by atoms with E-state index in [9.17, 15) is 8.42 Å². The van der Waals surface area contributed by atoms with Gasteiger partial charge in [0.2, 0.25) is 0 Å². The summed E-state index contributed by atoms with van der Waals surface area (Å²) in [6.45, 7) is 2.73. The monoisotopic (exact) mass is 382 g/mol. The summed E-state index contributed by atoms with van der Waals surface area (Å²) in [5, 5.41) is -0.483. The molecule has 1 aromatic heterocycles. The topological polar surface area (TPSA) is 76.5 Å². The van der Waals surface area contributed by atoms with Gasteiger partial charge in [-0.25, -0.2) is 8.42 Å². The molecular weight excluding hydrogens is 364 g/mol. The smallest absolute Gasteiger partial charge is 0.169 e. The number of thioether (sulfide) groups is 1. The molecule has 1 aliphatic heterocycles. The van der Waals surface area contributed by atoms with Crippen LogP contribution in [0.15, 0.2) is 21.2 Å². The molecule has 2 rings (SSSR count). The zero-order chi connectivity index (χ0) is 14.8. The Labute approximate surface area is 132 Å². The quantitative estimate of drug-likeness (QED) is 0.837. The van der Waals surface area contributed by atoms with E-state index in [4.69, 9.17) is 10.2 Å². The highest BCUT2D eigenvalue weighted by atomic mass is 79.9. The minimum Gasteiger partial charge on any atom is -0.453 e. The molecule has 114 valence electrons. The second-order valence-electron chi connectivity index (χ2n) is 4.61. The first-order valence-electron chi connectivity index (χ1n) is 6.50. The highest BCUT2D eigenvalue weighted by Crippen LogP contribution is 2.31. The van der Waals surface area contributed by atoms with E-state index < -0.39 is 15.2 Å². The Morgan fingerprint density at radius 1 is 1.60 bits per heavy atom. The van der Waals surface area contributed by atoms with Crippen molar-refractivity contribution in [3.63, 3.8) is 0 Å². The minimum absolute atomic E-state index is 0.147. The van der Waals surface area contributed by atoms with Crippen LogP contribution in [0, 0.1) is 0 Å². The molecule has 0 bridgehead atoms. The molecule has 0 aliphatic carbocycles. The first-order chi connectivity index (χ1) is 9.49. The van der Waals surface area contributed by atoms with Crippen LogP contribution in [0.5, 0.6) is 0 Å². The van der Waals surface area contributed by atoms with E-state index in [2.05, 4.69) is 15.9 Å². The van der Waals surface area contributed by atoms with Gasteiger partial charge < -0.3 is 10.2 Å². The van der Waals surface area contributed by atoms with Gasteiger partial charge in [-0.15, -0.1) is 0 Å². The molecule has 8 heteroatoms. The summed E-state index contributed by atoms with van der Waals surface area (Å²) in [6.07, 6.45) is 0.